The molecule has 0 spiro atoms. The van der Waals surface area contributed by atoms with Crippen LogP contribution in [0.1, 0.15) is 36.5 Å². The summed E-state index contributed by atoms with van der Waals surface area (Å²) in [5, 5.41) is 8.33. The standard InChI is InChI=1S/C19H20FN3O2S/c1-2-3-7-17(24)21-15-5-4-6-16(12-15)22-19(26)23-18(25)13-8-10-14(20)11-9-13/h4-6,8-12H,2-3,7H2,1H3,(H,21,24)(H2,22,23,25,26). The second-order valence-corrected chi connectivity index (χ2v) is 6.06. The fourth-order valence-corrected chi connectivity index (χ4v) is 2.38. The number of thiocarbonyl (C=S) groups is 1. The number of carbonyl (C=O) groups is 2. The zero-order valence-electron chi connectivity index (χ0n) is 14.3. The molecule has 0 saturated carbocycles. The Morgan fingerprint density at radius 1 is 1.04 bits per heavy atom. The van der Waals surface area contributed by atoms with Gasteiger partial charge in [-0.3, -0.25) is 14.9 Å². The van der Waals surface area contributed by atoms with Crippen LogP contribution in [0.25, 0.3) is 0 Å². The van der Waals surface area contributed by atoms with Crippen molar-refractivity contribution in [2.75, 3.05) is 10.6 Å². The Kier molecular flexibility index (Phi) is 7.23. The van der Waals surface area contributed by atoms with Crippen molar-refractivity contribution in [1.82, 2.24) is 5.32 Å². The fourth-order valence-electron chi connectivity index (χ4n) is 2.17. The molecule has 0 aliphatic heterocycles. The highest BCUT2D eigenvalue weighted by molar-refractivity contribution is 7.80. The van der Waals surface area contributed by atoms with E-state index in [1.807, 2.05) is 6.92 Å². The average molecular weight is 373 g/mol. The van der Waals surface area contributed by atoms with Gasteiger partial charge in [-0.15, -0.1) is 0 Å². The summed E-state index contributed by atoms with van der Waals surface area (Å²) in [6.07, 6.45) is 2.26. The Morgan fingerprint density at radius 3 is 2.35 bits per heavy atom. The molecule has 2 rings (SSSR count). The van der Waals surface area contributed by atoms with Crippen LogP contribution in [0.15, 0.2) is 48.5 Å². The first-order valence-electron chi connectivity index (χ1n) is 8.25. The zero-order chi connectivity index (χ0) is 18.9. The molecule has 7 heteroatoms. The van der Waals surface area contributed by atoms with Crippen LogP contribution < -0.4 is 16.0 Å². The Labute approximate surface area is 157 Å². The molecule has 2 amide bonds. The highest BCUT2D eigenvalue weighted by atomic mass is 32.1. The van der Waals surface area contributed by atoms with Gasteiger partial charge in [0.1, 0.15) is 5.82 Å². The van der Waals surface area contributed by atoms with Crippen molar-refractivity contribution in [1.29, 1.82) is 0 Å². The molecule has 136 valence electrons. The van der Waals surface area contributed by atoms with Gasteiger partial charge in [-0.1, -0.05) is 19.4 Å². The molecular formula is C19H20FN3O2S. The quantitative estimate of drug-likeness (QED) is 0.667. The van der Waals surface area contributed by atoms with Crippen molar-refractivity contribution in [3.05, 3.63) is 59.9 Å². The Bertz CT molecular complexity index is 794. The summed E-state index contributed by atoms with van der Waals surface area (Å²) in [5.74, 6) is -0.900. The van der Waals surface area contributed by atoms with Gasteiger partial charge in [0.2, 0.25) is 5.91 Å². The van der Waals surface area contributed by atoms with E-state index in [0.717, 1.165) is 12.8 Å². The van der Waals surface area contributed by atoms with E-state index in [1.165, 1.54) is 24.3 Å². The maximum absolute atomic E-state index is 12.9. The van der Waals surface area contributed by atoms with Crippen LogP contribution in [-0.4, -0.2) is 16.9 Å². The molecule has 0 aromatic heterocycles. The first-order valence-corrected chi connectivity index (χ1v) is 8.66. The van der Waals surface area contributed by atoms with E-state index in [0.29, 0.717) is 23.4 Å². The second-order valence-electron chi connectivity index (χ2n) is 5.65. The van der Waals surface area contributed by atoms with Gasteiger partial charge in [-0.25, -0.2) is 4.39 Å². The largest absolute Gasteiger partial charge is 0.332 e. The number of carbonyl (C=O) groups excluding carboxylic acids is 2. The molecule has 0 aliphatic rings. The lowest BCUT2D eigenvalue weighted by atomic mass is 10.2. The number of amides is 2. The number of hydrogen-bond donors (Lipinski definition) is 3. The van der Waals surface area contributed by atoms with Crippen LogP contribution in [0.4, 0.5) is 15.8 Å². The number of benzene rings is 2. The highest BCUT2D eigenvalue weighted by Crippen LogP contribution is 2.15. The third-order valence-corrected chi connectivity index (χ3v) is 3.70. The smallest absolute Gasteiger partial charge is 0.257 e. The van der Waals surface area contributed by atoms with Gasteiger partial charge in [0.05, 0.1) is 0 Å². The molecule has 2 aromatic rings. The Balaban J connectivity index is 1.92. The lowest BCUT2D eigenvalue weighted by Crippen LogP contribution is -2.34. The molecule has 0 atom stereocenters. The van der Waals surface area contributed by atoms with Gasteiger partial charge in [-0.05, 0) is 61.1 Å². The number of nitrogens with one attached hydrogen (secondary N) is 3. The third kappa shape index (κ3) is 6.25. The second kappa shape index (κ2) is 9.62. The number of hydrogen-bond acceptors (Lipinski definition) is 3. The molecule has 0 fully saturated rings. The van der Waals surface area contributed by atoms with Crippen molar-refractivity contribution >= 4 is 40.5 Å². The third-order valence-electron chi connectivity index (χ3n) is 3.50. The van der Waals surface area contributed by atoms with E-state index in [2.05, 4.69) is 16.0 Å². The van der Waals surface area contributed by atoms with Gasteiger partial charge < -0.3 is 10.6 Å². The van der Waals surface area contributed by atoms with E-state index >= 15 is 0 Å². The number of unbranched alkanes of at least 4 members (excludes halogenated alkanes) is 1. The van der Waals surface area contributed by atoms with E-state index < -0.39 is 11.7 Å². The summed E-state index contributed by atoms with van der Waals surface area (Å²) in [4.78, 5) is 23.8. The molecule has 2 aromatic carbocycles. The van der Waals surface area contributed by atoms with Crippen molar-refractivity contribution in [3.8, 4) is 0 Å². The summed E-state index contributed by atoms with van der Waals surface area (Å²) in [7, 11) is 0. The average Bonchev–Trinajstić information content (AvgIpc) is 2.60. The lowest BCUT2D eigenvalue weighted by molar-refractivity contribution is -0.116. The normalized spacial score (nSPS) is 10.1. The first-order chi connectivity index (χ1) is 12.5. The van der Waals surface area contributed by atoms with Crippen LogP contribution >= 0.6 is 12.2 Å². The highest BCUT2D eigenvalue weighted by Gasteiger charge is 2.09. The van der Waals surface area contributed by atoms with Crippen LogP contribution in [0.2, 0.25) is 0 Å². The molecule has 0 radical (unpaired) electrons. The summed E-state index contributed by atoms with van der Waals surface area (Å²) in [6.45, 7) is 2.03. The molecule has 26 heavy (non-hydrogen) atoms. The number of halogens is 1. The van der Waals surface area contributed by atoms with Gasteiger partial charge in [0.15, 0.2) is 5.11 Å². The Morgan fingerprint density at radius 2 is 1.69 bits per heavy atom. The fraction of sp³-hybridized carbons (Fsp3) is 0.211. The SMILES string of the molecule is CCCCC(=O)Nc1cccc(NC(=S)NC(=O)c2ccc(F)cc2)c1. The minimum absolute atomic E-state index is 0.0452. The van der Waals surface area contributed by atoms with E-state index in [-0.39, 0.29) is 11.0 Å². The molecule has 0 bridgehead atoms. The van der Waals surface area contributed by atoms with Crippen molar-refractivity contribution in [3.63, 3.8) is 0 Å². The predicted octanol–water partition coefficient (Wildman–Crippen LogP) is 4.08. The van der Waals surface area contributed by atoms with Crippen molar-refractivity contribution < 1.29 is 14.0 Å². The number of anilines is 2. The van der Waals surface area contributed by atoms with Crippen LogP contribution in [0.5, 0.6) is 0 Å². The first kappa shape index (κ1) is 19.5. The lowest BCUT2D eigenvalue weighted by Gasteiger charge is -2.11. The minimum atomic E-state index is -0.438. The molecule has 0 heterocycles. The van der Waals surface area contributed by atoms with Crippen molar-refractivity contribution in [2.45, 2.75) is 26.2 Å². The van der Waals surface area contributed by atoms with E-state index in [4.69, 9.17) is 12.2 Å². The molecule has 5 nitrogen and oxygen atoms in total. The summed E-state index contributed by atoms with van der Waals surface area (Å²) in [6, 6.07) is 12.2. The van der Waals surface area contributed by atoms with E-state index in [1.54, 1.807) is 24.3 Å². The number of rotatable bonds is 6. The van der Waals surface area contributed by atoms with Gasteiger partial charge in [0.25, 0.3) is 5.91 Å². The summed E-state index contributed by atoms with van der Waals surface area (Å²) in [5.41, 5.74) is 1.57. The maximum atomic E-state index is 12.9. The predicted molar refractivity (Wildman–Crippen MR) is 105 cm³/mol. The molecular weight excluding hydrogens is 353 g/mol. The van der Waals surface area contributed by atoms with Crippen molar-refractivity contribution in [2.24, 2.45) is 0 Å². The van der Waals surface area contributed by atoms with Gasteiger partial charge in [-0.2, -0.15) is 0 Å². The summed E-state index contributed by atoms with van der Waals surface area (Å²) < 4.78 is 12.9. The molecule has 0 saturated heterocycles. The van der Waals surface area contributed by atoms with Gasteiger partial charge in [0, 0.05) is 23.4 Å². The maximum Gasteiger partial charge on any atom is 0.257 e. The van der Waals surface area contributed by atoms with E-state index in [9.17, 15) is 14.0 Å². The monoisotopic (exact) mass is 373 g/mol. The molecule has 3 N–H and O–H groups in total. The van der Waals surface area contributed by atoms with Crippen LogP contribution in [0.3, 0.4) is 0 Å². The van der Waals surface area contributed by atoms with Crippen LogP contribution in [-0.2, 0) is 4.79 Å². The Hall–Kier alpha value is -2.80. The zero-order valence-corrected chi connectivity index (χ0v) is 15.2. The minimum Gasteiger partial charge on any atom is -0.332 e. The van der Waals surface area contributed by atoms with Gasteiger partial charge >= 0.3 is 0 Å². The molecule has 0 unspecified atom stereocenters. The summed E-state index contributed by atoms with van der Waals surface area (Å²) >= 11 is 5.12. The van der Waals surface area contributed by atoms with Crippen LogP contribution in [0, 0.1) is 5.82 Å². The topological polar surface area (TPSA) is 70.2 Å². The molecule has 0 aliphatic carbocycles.